The van der Waals surface area contributed by atoms with Crippen molar-refractivity contribution in [2.75, 3.05) is 32.6 Å². The van der Waals surface area contributed by atoms with Crippen LogP contribution in [-0.2, 0) is 20.0 Å². The maximum Gasteiger partial charge on any atom is 0.229 e. The highest BCUT2D eigenvalue weighted by atomic mass is 32.2. The first kappa shape index (κ1) is 35.5. The second-order valence-corrected chi connectivity index (χ2v) is 15.3. The SMILES string of the molecule is Cc1cc(NS(C)(=O)=O)ccc1Nc1cc(-c2ccc(O)cc2)[nH]n1.Cc1ccc(-c2cc(Nc3ccc(NS(C)(=O)=O)cc3C)n[nH]2)cc1. The standard InChI is InChI=1S/C18H20N4O2S.C17H18N4O3S/c1-12-4-6-14(7-5-12)17-11-18(21-20-17)19-16-9-8-15(10-13(16)2)22-25(3,23)24;1-11-9-13(21-25(2,23)24)5-8-15(11)18-17-10-16(19-20-17)12-3-6-14(22)7-4-12/h4-11,22H,1-3H3,(H2,19,20,21);3-10,21-22H,1-2H3,(H2,18,19,20). The number of rotatable bonds is 10. The lowest BCUT2D eigenvalue weighted by molar-refractivity contribution is 0.475. The first-order chi connectivity index (χ1) is 23.6. The average molecular weight is 715 g/mol. The van der Waals surface area contributed by atoms with E-state index in [0.717, 1.165) is 57.5 Å². The van der Waals surface area contributed by atoms with Crippen LogP contribution in [0.25, 0.3) is 22.5 Å². The number of aromatic hydroxyl groups is 1. The predicted octanol–water partition coefficient (Wildman–Crippen LogP) is 7.01. The summed E-state index contributed by atoms with van der Waals surface area (Å²) in [6.45, 7) is 5.83. The molecular weight excluding hydrogens is 677 g/mol. The van der Waals surface area contributed by atoms with E-state index in [0.29, 0.717) is 23.0 Å². The van der Waals surface area contributed by atoms with E-state index in [1.54, 1.807) is 54.6 Å². The van der Waals surface area contributed by atoms with Crippen LogP contribution in [0.2, 0.25) is 0 Å². The summed E-state index contributed by atoms with van der Waals surface area (Å²) in [5, 5.41) is 30.3. The van der Waals surface area contributed by atoms with Gasteiger partial charge in [-0.3, -0.25) is 19.6 Å². The van der Waals surface area contributed by atoms with Gasteiger partial charge in [-0.25, -0.2) is 16.8 Å². The highest BCUT2D eigenvalue weighted by molar-refractivity contribution is 7.92. The summed E-state index contributed by atoms with van der Waals surface area (Å²) >= 11 is 0. The summed E-state index contributed by atoms with van der Waals surface area (Å²) in [6.07, 6.45) is 2.24. The molecule has 0 spiro atoms. The Morgan fingerprint density at radius 1 is 0.560 bits per heavy atom. The normalized spacial score (nSPS) is 11.3. The number of benzene rings is 4. The molecule has 0 saturated heterocycles. The number of nitrogens with zero attached hydrogens (tertiary/aromatic N) is 2. The first-order valence-corrected chi connectivity index (χ1v) is 19.1. The molecule has 13 nitrogen and oxygen atoms in total. The number of sulfonamides is 2. The minimum absolute atomic E-state index is 0.208. The molecule has 0 bridgehead atoms. The summed E-state index contributed by atoms with van der Waals surface area (Å²) in [7, 11) is -6.59. The second-order valence-electron chi connectivity index (χ2n) is 11.8. The van der Waals surface area contributed by atoms with Crippen LogP contribution in [0.5, 0.6) is 5.75 Å². The summed E-state index contributed by atoms with van der Waals surface area (Å²) in [5.41, 5.74) is 9.44. The molecule has 7 N–H and O–H groups in total. The van der Waals surface area contributed by atoms with E-state index >= 15 is 0 Å². The summed E-state index contributed by atoms with van der Waals surface area (Å²) in [5.74, 6) is 1.54. The van der Waals surface area contributed by atoms with Crippen molar-refractivity contribution >= 4 is 54.4 Å². The monoisotopic (exact) mass is 714 g/mol. The Kier molecular flexibility index (Phi) is 10.5. The van der Waals surface area contributed by atoms with Crippen LogP contribution in [0, 0.1) is 20.8 Å². The van der Waals surface area contributed by atoms with Gasteiger partial charge in [0.05, 0.1) is 23.9 Å². The van der Waals surface area contributed by atoms with Crippen LogP contribution in [0.1, 0.15) is 16.7 Å². The van der Waals surface area contributed by atoms with Gasteiger partial charge in [0.1, 0.15) is 5.75 Å². The molecule has 15 heteroatoms. The second kappa shape index (κ2) is 14.8. The van der Waals surface area contributed by atoms with E-state index in [9.17, 15) is 21.9 Å². The Balaban J connectivity index is 0.000000194. The molecule has 50 heavy (non-hydrogen) atoms. The Labute approximate surface area is 291 Å². The molecule has 260 valence electrons. The van der Waals surface area contributed by atoms with E-state index in [1.165, 1.54) is 5.56 Å². The van der Waals surface area contributed by atoms with E-state index in [1.807, 2.05) is 44.2 Å². The zero-order valence-electron chi connectivity index (χ0n) is 28.0. The highest BCUT2D eigenvalue weighted by Crippen LogP contribution is 2.28. The first-order valence-electron chi connectivity index (χ1n) is 15.3. The number of phenols is 1. The molecule has 0 amide bonds. The topological polar surface area (TPSA) is 194 Å². The van der Waals surface area contributed by atoms with Crippen LogP contribution >= 0.6 is 0 Å². The quantitative estimate of drug-likeness (QED) is 0.0781. The fourth-order valence-electron chi connectivity index (χ4n) is 4.88. The molecule has 6 aromatic rings. The zero-order chi connectivity index (χ0) is 36.1. The maximum absolute atomic E-state index is 11.3. The molecule has 0 aliphatic heterocycles. The van der Waals surface area contributed by atoms with E-state index in [2.05, 4.69) is 59.5 Å². The molecule has 0 aliphatic carbocycles. The van der Waals surface area contributed by atoms with Gasteiger partial charge in [0.2, 0.25) is 20.0 Å². The molecule has 0 aliphatic rings. The third-order valence-electron chi connectivity index (χ3n) is 7.28. The van der Waals surface area contributed by atoms with Crippen LogP contribution in [0.15, 0.2) is 97.1 Å². The van der Waals surface area contributed by atoms with E-state index in [4.69, 9.17) is 0 Å². The molecule has 6 rings (SSSR count). The van der Waals surface area contributed by atoms with Crippen molar-refractivity contribution in [3.8, 4) is 28.3 Å². The molecule has 0 unspecified atom stereocenters. The molecule has 0 fully saturated rings. The minimum atomic E-state index is -3.30. The molecule has 4 aromatic carbocycles. The summed E-state index contributed by atoms with van der Waals surface area (Å²) in [4.78, 5) is 0. The van der Waals surface area contributed by atoms with Crippen molar-refractivity contribution in [2.24, 2.45) is 0 Å². The number of nitrogens with one attached hydrogen (secondary N) is 6. The lowest BCUT2D eigenvalue weighted by atomic mass is 10.1. The Bertz CT molecular complexity index is 2150. The summed E-state index contributed by atoms with van der Waals surface area (Å²) in [6, 6.07) is 29.3. The average Bonchev–Trinajstić information content (AvgIpc) is 3.70. The highest BCUT2D eigenvalue weighted by Gasteiger charge is 2.10. The fourth-order valence-corrected chi connectivity index (χ4v) is 5.99. The van der Waals surface area contributed by atoms with Crippen molar-refractivity contribution in [1.82, 2.24) is 20.4 Å². The third-order valence-corrected chi connectivity index (χ3v) is 8.49. The van der Waals surface area contributed by atoms with Crippen LogP contribution in [0.3, 0.4) is 0 Å². The Morgan fingerprint density at radius 2 is 0.960 bits per heavy atom. The molecular formula is C35H38N8O5S2. The number of H-pyrrole nitrogens is 2. The predicted molar refractivity (Wildman–Crippen MR) is 200 cm³/mol. The lowest BCUT2D eigenvalue weighted by Gasteiger charge is -2.10. The lowest BCUT2D eigenvalue weighted by Crippen LogP contribution is -2.09. The van der Waals surface area contributed by atoms with Gasteiger partial charge >= 0.3 is 0 Å². The van der Waals surface area contributed by atoms with Gasteiger partial charge in [-0.2, -0.15) is 10.2 Å². The van der Waals surface area contributed by atoms with Crippen molar-refractivity contribution < 1.29 is 21.9 Å². The minimum Gasteiger partial charge on any atom is -0.508 e. The number of aromatic nitrogens is 4. The molecule has 0 atom stereocenters. The van der Waals surface area contributed by atoms with Crippen LogP contribution in [-0.4, -0.2) is 54.8 Å². The number of hydrogen-bond acceptors (Lipinski definition) is 9. The van der Waals surface area contributed by atoms with Gasteiger partial charge in [0.15, 0.2) is 11.6 Å². The van der Waals surface area contributed by atoms with Gasteiger partial charge in [-0.05, 0) is 104 Å². The van der Waals surface area contributed by atoms with Crippen molar-refractivity contribution in [3.63, 3.8) is 0 Å². The van der Waals surface area contributed by atoms with Crippen LogP contribution in [0.4, 0.5) is 34.4 Å². The largest absolute Gasteiger partial charge is 0.508 e. The van der Waals surface area contributed by atoms with Gasteiger partial charge in [-0.15, -0.1) is 0 Å². The number of aryl methyl sites for hydroxylation is 3. The van der Waals surface area contributed by atoms with E-state index in [-0.39, 0.29) is 5.75 Å². The van der Waals surface area contributed by atoms with Gasteiger partial charge in [-0.1, -0.05) is 29.8 Å². The molecule has 0 saturated carbocycles. The smallest absolute Gasteiger partial charge is 0.229 e. The Morgan fingerprint density at radius 3 is 1.34 bits per heavy atom. The maximum atomic E-state index is 11.3. The number of aromatic amines is 2. The molecule has 2 aromatic heterocycles. The fraction of sp³-hybridized carbons (Fsp3) is 0.143. The third kappa shape index (κ3) is 10.1. The van der Waals surface area contributed by atoms with Crippen LogP contribution < -0.4 is 20.1 Å². The van der Waals surface area contributed by atoms with Crippen molar-refractivity contribution in [1.29, 1.82) is 0 Å². The summed E-state index contributed by atoms with van der Waals surface area (Å²) < 4.78 is 50.1. The number of phenolic OH excluding ortho intramolecular Hbond substituents is 1. The van der Waals surface area contributed by atoms with Gasteiger partial charge in [0, 0.05) is 34.9 Å². The molecule has 0 radical (unpaired) electrons. The number of anilines is 6. The Hall–Kier alpha value is -5.80. The van der Waals surface area contributed by atoms with Gasteiger partial charge < -0.3 is 15.7 Å². The van der Waals surface area contributed by atoms with E-state index < -0.39 is 20.0 Å². The van der Waals surface area contributed by atoms with Gasteiger partial charge in [0.25, 0.3) is 0 Å². The van der Waals surface area contributed by atoms with Crippen molar-refractivity contribution in [2.45, 2.75) is 20.8 Å². The zero-order valence-corrected chi connectivity index (χ0v) is 29.7. The van der Waals surface area contributed by atoms with Crippen molar-refractivity contribution in [3.05, 3.63) is 114 Å². The molecule has 2 heterocycles. The number of hydrogen-bond donors (Lipinski definition) is 7.